The fourth-order valence-corrected chi connectivity index (χ4v) is 3.05. The van der Waals surface area contributed by atoms with Crippen molar-refractivity contribution in [3.05, 3.63) is 89.5 Å². The van der Waals surface area contributed by atoms with E-state index in [4.69, 9.17) is 4.74 Å². The SMILES string of the molecule is Cc1cc(C)cc(OCC(=O)Nc2cccc(C(=O)N(C)c3ccccc3)c2)c1. The topological polar surface area (TPSA) is 58.6 Å². The minimum atomic E-state index is -0.287. The molecule has 3 aromatic rings. The number of anilines is 2. The summed E-state index contributed by atoms with van der Waals surface area (Å²) in [5.74, 6) is 0.218. The van der Waals surface area contributed by atoms with Crippen molar-refractivity contribution in [1.82, 2.24) is 0 Å². The first-order valence-corrected chi connectivity index (χ1v) is 9.36. The molecule has 148 valence electrons. The van der Waals surface area contributed by atoms with E-state index in [-0.39, 0.29) is 18.4 Å². The van der Waals surface area contributed by atoms with E-state index in [9.17, 15) is 9.59 Å². The average Bonchev–Trinajstić information content (AvgIpc) is 2.71. The van der Waals surface area contributed by atoms with E-state index in [1.807, 2.05) is 62.4 Å². The summed E-state index contributed by atoms with van der Waals surface area (Å²) in [6, 6.07) is 22.1. The van der Waals surface area contributed by atoms with Gasteiger partial charge in [0.25, 0.3) is 11.8 Å². The van der Waals surface area contributed by atoms with Crippen LogP contribution in [0.4, 0.5) is 11.4 Å². The third kappa shape index (κ3) is 5.45. The maximum Gasteiger partial charge on any atom is 0.262 e. The minimum Gasteiger partial charge on any atom is -0.484 e. The molecule has 3 rings (SSSR count). The van der Waals surface area contributed by atoms with Crippen molar-refractivity contribution in [2.75, 3.05) is 23.9 Å². The fourth-order valence-electron chi connectivity index (χ4n) is 3.05. The van der Waals surface area contributed by atoms with Gasteiger partial charge in [-0.1, -0.05) is 30.3 Å². The lowest BCUT2D eigenvalue weighted by molar-refractivity contribution is -0.118. The summed E-state index contributed by atoms with van der Waals surface area (Å²) in [5, 5.41) is 2.78. The molecule has 0 heterocycles. The van der Waals surface area contributed by atoms with Gasteiger partial charge in [-0.25, -0.2) is 0 Å². The second kappa shape index (κ2) is 9.06. The van der Waals surface area contributed by atoms with E-state index in [0.717, 1.165) is 16.8 Å². The monoisotopic (exact) mass is 388 g/mol. The van der Waals surface area contributed by atoms with Crippen molar-refractivity contribution in [2.45, 2.75) is 13.8 Å². The van der Waals surface area contributed by atoms with E-state index >= 15 is 0 Å². The average molecular weight is 388 g/mol. The molecule has 0 saturated heterocycles. The first-order chi connectivity index (χ1) is 13.9. The predicted octanol–water partition coefficient (Wildman–Crippen LogP) is 4.60. The summed E-state index contributed by atoms with van der Waals surface area (Å²) in [4.78, 5) is 26.6. The van der Waals surface area contributed by atoms with Crippen molar-refractivity contribution in [3.63, 3.8) is 0 Å². The van der Waals surface area contributed by atoms with Crippen molar-refractivity contribution in [2.24, 2.45) is 0 Å². The quantitative estimate of drug-likeness (QED) is 0.671. The number of nitrogens with zero attached hydrogens (tertiary/aromatic N) is 1. The summed E-state index contributed by atoms with van der Waals surface area (Å²) in [6.45, 7) is 3.86. The van der Waals surface area contributed by atoms with Crippen molar-refractivity contribution in [1.29, 1.82) is 0 Å². The van der Waals surface area contributed by atoms with Gasteiger partial charge in [0.2, 0.25) is 0 Å². The van der Waals surface area contributed by atoms with Crippen LogP contribution in [0.3, 0.4) is 0 Å². The predicted molar refractivity (Wildman–Crippen MR) is 116 cm³/mol. The van der Waals surface area contributed by atoms with Gasteiger partial charge in [-0.15, -0.1) is 0 Å². The molecule has 0 radical (unpaired) electrons. The van der Waals surface area contributed by atoms with E-state index in [1.54, 1.807) is 36.2 Å². The van der Waals surface area contributed by atoms with Crippen LogP contribution >= 0.6 is 0 Å². The highest BCUT2D eigenvalue weighted by molar-refractivity contribution is 6.06. The zero-order chi connectivity index (χ0) is 20.8. The van der Waals surface area contributed by atoms with Crippen LogP contribution in [0.25, 0.3) is 0 Å². The molecule has 0 fully saturated rings. The van der Waals surface area contributed by atoms with Gasteiger partial charge in [0.15, 0.2) is 6.61 Å². The molecule has 1 N–H and O–H groups in total. The minimum absolute atomic E-state index is 0.106. The standard InChI is InChI=1S/C24H24N2O3/c1-17-12-18(2)14-22(13-17)29-16-23(27)25-20-9-7-8-19(15-20)24(28)26(3)21-10-5-4-6-11-21/h4-15H,16H2,1-3H3,(H,25,27). The number of rotatable bonds is 6. The Labute approximate surface area is 170 Å². The van der Waals surface area contributed by atoms with E-state index in [2.05, 4.69) is 5.32 Å². The van der Waals surface area contributed by atoms with E-state index < -0.39 is 0 Å². The Balaban J connectivity index is 1.63. The van der Waals surface area contributed by atoms with Crippen LogP contribution in [-0.4, -0.2) is 25.5 Å². The maximum atomic E-state index is 12.7. The van der Waals surface area contributed by atoms with Crippen molar-refractivity contribution in [3.8, 4) is 5.75 Å². The molecule has 0 spiro atoms. The highest BCUT2D eigenvalue weighted by Gasteiger charge is 2.14. The zero-order valence-corrected chi connectivity index (χ0v) is 16.8. The molecule has 3 aromatic carbocycles. The molecule has 5 nitrogen and oxygen atoms in total. The molecule has 0 aliphatic rings. The smallest absolute Gasteiger partial charge is 0.262 e. The first-order valence-electron chi connectivity index (χ1n) is 9.36. The Kier molecular flexibility index (Phi) is 6.29. The molecule has 0 unspecified atom stereocenters. The molecular formula is C24H24N2O3. The highest BCUT2D eigenvalue weighted by atomic mass is 16.5. The number of hydrogen-bond donors (Lipinski definition) is 1. The zero-order valence-electron chi connectivity index (χ0n) is 16.8. The van der Waals surface area contributed by atoms with Gasteiger partial charge in [-0.05, 0) is 67.4 Å². The van der Waals surface area contributed by atoms with Crippen LogP contribution in [-0.2, 0) is 4.79 Å². The lowest BCUT2D eigenvalue weighted by atomic mass is 10.1. The number of hydrogen-bond acceptors (Lipinski definition) is 3. The number of nitrogens with one attached hydrogen (secondary N) is 1. The van der Waals surface area contributed by atoms with Crippen LogP contribution < -0.4 is 15.0 Å². The maximum absolute atomic E-state index is 12.7. The van der Waals surface area contributed by atoms with Crippen LogP contribution in [0.1, 0.15) is 21.5 Å². The number of amides is 2. The number of para-hydroxylation sites is 1. The molecule has 0 atom stereocenters. The molecule has 0 aliphatic heterocycles. The molecule has 2 amide bonds. The Hall–Kier alpha value is -3.60. The molecule has 0 bridgehead atoms. The van der Waals surface area contributed by atoms with E-state index in [0.29, 0.717) is 17.0 Å². The van der Waals surface area contributed by atoms with Crippen molar-refractivity contribution < 1.29 is 14.3 Å². The van der Waals surface area contributed by atoms with Gasteiger partial charge in [0.05, 0.1) is 0 Å². The van der Waals surface area contributed by atoms with Crippen LogP contribution in [0.15, 0.2) is 72.8 Å². The molecule has 29 heavy (non-hydrogen) atoms. The fraction of sp³-hybridized carbons (Fsp3) is 0.167. The van der Waals surface area contributed by atoms with Gasteiger partial charge in [-0.2, -0.15) is 0 Å². The summed E-state index contributed by atoms with van der Waals surface area (Å²) in [6.07, 6.45) is 0. The largest absolute Gasteiger partial charge is 0.484 e. The van der Waals surface area contributed by atoms with Gasteiger partial charge >= 0.3 is 0 Å². The van der Waals surface area contributed by atoms with Gasteiger partial charge in [0, 0.05) is 24.0 Å². The summed E-state index contributed by atoms with van der Waals surface area (Å²) < 4.78 is 5.59. The van der Waals surface area contributed by atoms with Crippen LogP contribution in [0.2, 0.25) is 0 Å². The number of carbonyl (C=O) groups is 2. The van der Waals surface area contributed by atoms with Gasteiger partial charge in [0.1, 0.15) is 5.75 Å². The van der Waals surface area contributed by atoms with Crippen LogP contribution in [0, 0.1) is 13.8 Å². The second-order valence-electron chi connectivity index (χ2n) is 6.94. The Morgan fingerprint density at radius 3 is 2.28 bits per heavy atom. The molecule has 0 saturated carbocycles. The number of carbonyl (C=O) groups excluding carboxylic acids is 2. The third-order valence-corrected chi connectivity index (χ3v) is 4.41. The molecule has 0 aliphatic carbocycles. The lowest BCUT2D eigenvalue weighted by Crippen LogP contribution is -2.26. The molecule has 0 aromatic heterocycles. The normalized spacial score (nSPS) is 10.3. The molecular weight excluding hydrogens is 364 g/mol. The first kappa shape index (κ1) is 20.1. The van der Waals surface area contributed by atoms with Gasteiger partial charge < -0.3 is 15.0 Å². The van der Waals surface area contributed by atoms with Crippen molar-refractivity contribution >= 4 is 23.2 Å². The van der Waals surface area contributed by atoms with Crippen LogP contribution in [0.5, 0.6) is 5.75 Å². The second-order valence-corrected chi connectivity index (χ2v) is 6.94. The number of ether oxygens (including phenoxy) is 1. The summed E-state index contributed by atoms with van der Waals surface area (Å²) >= 11 is 0. The number of aryl methyl sites for hydroxylation is 2. The Morgan fingerprint density at radius 2 is 1.59 bits per heavy atom. The third-order valence-electron chi connectivity index (χ3n) is 4.41. The summed E-state index contributed by atoms with van der Waals surface area (Å²) in [5.41, 5.74) is 3.99. The lowest BCUT2D eigenvalue weighted by Gasteiger charge is -2.17. The van der Waals surface area contributed by atoms with Gasteiger partial charge in [-0.3, -0.25) is 9.59 Å². The Morgan fingerprint density at radius 1 is 0.897 bits per heavy atom. The summed E-state index contributed by atoms with van der Waals surface area (Å²) in [7, 11) is 1.72. The molecule has 5 heteroatoms. The Bertz CT molecular complexity index is 995. The van der Waals surface area contributed by atoms with E-state index in [1.165, 1.54) is 0 Å². The number of benzene rings is 3. The highest BCUT2D eigenvalue weighted by Crippen LogP contribution is 2.18.